The van der Waals surface area contributed by atoms with Gasteiger partial charge in [-0.1, -0.05) is 24.4 Å². The largest absolute Gasteiger partial charge is 0.411 e. The molecule has 0 aromatic heterocycles. The van der Waals surface area contributed by atoms with Gasteiger partial charge in [-0.2, -0.15) is 0 Å². The highest BCUT2D eigenvalue weighted by atomic mass is 19.3. The second kappa shape index (κ2) is 4.38. The normalized spacial score (nSPS) is 21.8. The molecule has 0 aromatic carbocycles. The Morgan fingerprint density at radius 3 is 2.25 bits per heavy atom. The zero-order valence-electron chi connectivity index (χ0n) is 6.84. The van der Waals surface area contributed by atoms with E-state index in [1.54, 1.807) is 0 Å². The average molecular weight is 177 g/mol. The maximum atomic E-state index is 12.2. The lowest BCUT2D eigenvalue weighted by Crippen LogP contribution is -2.24. The zero-order chi connectivity index (χ0) is 8.97. The molecule has 1 aliphatic carbocycles. The van der Waals surface area contributed by atoms with Crippen molar-refractivity contribution in [3.63, 3.8) is 0 Å². The molecule has 0 unspecified atom stereocenters. The number of hydrogen-bond acceptors (Lipinski definition) is 2. The fourth-order valence-corrected chi connectivity index (χ4v) is 1.70. The molecule has 0 spiro atoms. The van der Waals surface area contributed by atoms with Crippen molar-refractivity contribution in [2.24, 2.45) is 11.1 Å². The van der Waals surface area contributed by atoms with Crippen molar-refractivity contribution < 1.29 is 14.0 Å². The summed E-state index contributed by atoms with van der Waals surface area (Å²) in [6, 6.07) is 0. The summed E-state index contributed by atoms with van der Waals surface area (Å²) in [7, 11) is 0. The molecule has 0 atom stereocenters. The fraction of sp³-hybridized carbons (Fsp3) is 0.875. The minimum Gasteiger partial charge on any atom is -0.411 e. The predicted octanol–water partition coefficient (Wildman–Crippen LogP) is 2.66. The van der Waals surface area contributed by atoms with Crippen LogP contribution < -0.4 is 0 Å². The third-order valence-electron chi connectivity index (χ3n) is 2.36. The topological polar surface area (TPSA) is 32.6 Å². The third-order valence-corrected chi connectivity index (χ3v) is 2.36. The molecule has 0 amide bonds. The quantitative estimate of drug-likeness (QED) is 0.392. The van der Waals surface area contributed by atoms with Crippen LogP contribution in [0.15, 0.2) is 5.16 Å². The Morgan fingerprint density at radius 2 is 1.83 bits per heavy atom. The van der Waals surface area contributed by atoms with Crippen LogP contribution >= 0.6 is 0 Å². The van der Waals surface area contributed by atoms with Gasteiger partial charge in [0.2, 0.25) is 0 Å². The first-order valence-corrected chi connectivity index (χ1v) is 4.25. The van der Waals surface area contributed by atoms with Gasteiger partial charge in [0.15, 0.2) is 0 Å². The summed E-state index contributed by atoms with van der Waals surface area (Å²) in [5.74, 6) is -0.191. The summed E-state index contributed by atoms with van der Waals surface area (Å²) < 4.78 is 24.4. The first-order chi connectivity index (χ1) is 5.75. The number of rotatable bonds is 2. The minimum atomic E-state index is -2.60. The van der Waals surface area contributed by atoms with Gasteiger partial charge in [0.1, 0.15) is 5.71 Å². The van der Waals surface area contributed by atoms with Crippen molar-refractivity contribution in [3.05, 3.63) is 0 Å². The van der Waals surface area contributed by atoms with Gasteiger partial charge >= 0.3 is 0 Å². The molecule has 4 heteroatoms. The predicted molar refractivity (Wildman–Crippen MR) is 41.8 cm³/mol. The number of alkyl halides is 2. The summed E-state index contributed by atoms with van der Waals surface area (Å²) >= 11 is 0. The van der Waals surface area contributed by atoms with Crippen LogP contribution in [0, 0.1) is 5.92 Å². The SMILES string of the molecule is O/N=C(\C(F)F)C1CCCCC1. The highest BCUT2D eigenvalue weighted by Gasteiger charge is 2.26. The molecule has 1 aliphatic rings. The Labute approximate surface area is 70.3 Å². The lowest BCUT2D eigenvalue weighted by molar-refractivity contribution is 0.200. The van der Waals surface area contributed by atoms with Gasteiger partial charge in [0.25, 0.3) is 6.43 Å². The van der Waals surface area contributed by atoms with Crippen LogP contribution in [0.2, 0.25) is 0 Å². The van der Waals surface area contributed by atoms with Gasteiger partial charge in [-0.3, -0.25) is 0 Å². The van der Waals surface area contributed by atoms with Gasteiger partial charge in [0, 0.05) is 5.92 Å². The van der Waals surface area contributed by atoms with E-state index in [1.807, 2.05) is 0 Å². The average Bonchev–Trinajstić information content (AvgIpc) is 2.07. The van der Waals surface area contributed by atoms with Crippen LogP contribution in [0.4, 0.5) is 8.78 Å². The first kappa shape index (κ1) is 9.42. The molecule has 0 heterocycles. The first-order valence-electron chi connectivity index (χ1n) is 4.25. The summed E-state index contributed by atoms with van der Waals surface area (Å²) in [6.45, 7) is 0. The molecular weight excluding hydrogens is 164 g/mol. The molecule has 1 fully saturated rings. The minimum absolute atomic E-state index is 0.191. The van der Waals surface area contributed by atoms with E-state index in [0.29, 0.717) is 0 Å². The van der Waals surface area contributed by atoms with E-state index in [2.05, 4.69) is 5.16 Å². The molecule has 12 heavy (non-hydrogen) atoms. The summed E-state index contributed by atoms with van der Waals surface area (Å²) in [5.41, 5.74) is -0.324. The Kier molecular flexibility index (Phi) is 3.44. The molecule has 1 rings (SSSR count). The molecule has 0 aromatic rings. The standard InChI is InChI=1S/C8H13F2NO/c9-8(10)7(11-12)6-4-2-1-3-5-6/h6,8,12H,1-5H2/b11-7-. The van der Waals surface area contributed by atoms with Crippen LogP contribution in [-0.2, 0) is 0 Å². The molecule has 0 saturated heterocycles. The molecular formula is C8H13F2NO. The van der Waals surface area contributed by atoms with Crippen LogP contribution in [0.3, 0.4) is 0 Å². The molecule has 1 N–H and O–H groups in total. The Hall–Kier alpha value is -0.670. The van der Waals surface area contributed by atoms with Crippen molar-refractivity contribution in [2.75, 3.05) is 0 Å². The second-order valence-corrected chi connectivity index (χ2v) is 3.16. The van der Waals surface area contributed by atoms with E-state index in [1.165, 1.54) is 0 Å². The van der Waals surface area contributed by atoms with Gasteiger partial charge < -0.3 is 5.21 Å². The van der Waals surface area contributed by atoms with E-state index < -0.39 is 6.43 Å². The second-order valence-electron chi connectivity index (χ2n) is 3.16. The third kappa shape index (κ3) is 2.16. The summed E-state index contributed by atoms with van der Waals surface area (Å²) in [5, 5.41) is 11.0. The Bertz CT molecular complexity index is 164. The van der Waals surface area contributed by atoms with Crippen molar-refractivity contribution in [3.8, 4) is 0 Å². The molecule has 70 valence electrons. The van der Waals surface area contributed by atoms with E-state index in [9.17, 15) is 8.78 Å². The number of hydrogen-bond donors (Lipinski definition) is 1. The lowest BCUT2D eigenvalue weighted by atomic mass is 9.86. The molecule has 1 saturated carbocycles. The molecule has 0 radical (unpaired) electrons. The lowest BCUT2D eigenvalue weighted by Gasteiger charge is -2.21. The van der Waals surface area contributed by atoms with Gasteiger partial charge in [-0.15, -0.1) is 0 Å². The number of halogens is 2. The van der Waals surface area contributed by atoms with E-state index >= 15 is 0 Å². The monoisotopic (exact) mass is 177 g/mol. The van der Waals surface area contributed by atoms with Crippen molar-refractivity contribution >= 4 is 5.71 Å². The van der Waals surface area contributed by atoms with Crippen LogP contribution in [0.25, 0.3) is 0 Å². The van der Waals surface area contributed by atoms with Gasteiger partial charge in [-0.25, -0.2) is 8.78 Å². The summed E-state index contributed by atoms with van der Waals surface area (Å²) in [4.78, 5) is 0. The van der Waals surface area contributed by atoms with E-state index in [-0.39, 0.29) is 11.6 Å². The smallest absolute Gasteiger partial charge is 0.280 e. The van der Waals surface area contributed by atoms with Crippen molar-refractivity contribution in [2.45, 2.75) is 38.5 Å². The van der Waals surface area contributed by atoms with Crippen molar-refractivity contribution in [1.82, 2.24) is 0 Å². The highest BCUT2D eigenvalue weighted by Crippen LogP contribution is 2.26. The van der Waals surface area contributed by atoms with Gasteiger partial charge in [0.05, 0.1) is 0 Å². The Morgan fingerprint density at radius 1 is 1.25 bits per heavy atom. The maximum Gasteiger partial charge on any atom is 0.280 e. The number of nitrogens with zero attached hydrogens (tertiary/aromatic N) is 1. The maximum absolute atomic E-state index is 12.2. The molecule has 0 aliphatic heterocycles. The molecule has 0 bridgehead atoms. The zero-order valence-corrected chi connectivity index (χ0v) is 6.84. The van der Waals surface area contributed by atoms with Gasteiger partial charge in [-0.05, 0) is 12.8 Å². The highest BCUT2D eigenvalue weighted by molar-refractivity contribution is 5.89. The van der Waals surface area contributed by atoms with E-state index in [0.717, 1.165) is 32.1 Å². The summed E-state index contributed by atoms with van der Waals surface area (Å²) in [6.07, 6.45) is 1.93. The fourth-order valence-electron chi connectivity index (χ4n) is 1.70. The Balaban J connectivity index is 2.53. The van der Waals surface area contributed by atoms with Crippen LogP contribution in [0.1, 0.15) is 32.1 Å². The van der Waals surface area contributed by atoms with Crippen LogP contribution in [0.5, 0.6) is 0 Å². The van der Waals surface area contributed by atoms with E-state index in [4.69, 9.17) is 5.21 Å². The molecule has 2 nitrogen and oxygen atoms in total. The van der Waals surface area contributed by atoms with Crippen LogP contribution in [-0.4, -0.2) is 17.3 Å². The number of oxime groups is 1. The van der Waals surface area contributed by atoms with Crippen molar-refractivity contribution in [1.29, 1.82) is 0 Å².